The number of halogens is 1. The van der Waals surface area contributed by atoms with E-state index in [1.807, 2.05) is 0 Å². The molecular formula is C17H15ClN2O6. The van der Waals surface area contributed by atoms with E-state index in [0.29, 0.717) is 11.4 Å². The van der Waals surface area contributed by atoms with Gasteiger partial charge in [0.2, 0.25) is 0 Å². The highest BCUT2D eigenvalue weighted by Gasteiger charge is 2.22. The number of nitro benzene ring substituents is 1. The molecule has 0 unspecified atom stereocenters. The second-order valence-corrected chi connectivity index (χ2v) is 5.60. The van der Waals surface area contributed by atoms with Crippen LogP contribution in [-0.2, 0) is 9.53 Å². The fraction of sp³-hybridized carbons (Fsp3) is 0.176. The van der Waals surface area contributed by atoms with Crippen molar-refractivity contribution in [2.45, 2.75) is 13.0 Å². The van der Waals surface area contributed by atoms with Gasteiger partial charge in [0.25, 0.3) is 11.6 Å². The van der Waals surface area contributed by atoms with Crippen LogP contribution in [0.25, 0.3) is 0 Å². The van der Waals surface area contributed by atoms with E-state index >= 15 is 0 Å². The zero-order valence-corrected chi connectivity index (χ0v) is 14.6. The van der Waals surface area contributed by atoms with Crippen LogP contribution in [0.3, 0.4) is 0 Å². The molecule has 0 saturated heterocycles. The Kier molecular flexibility index (Phi) is 6.13. The number of nitrogens with one attached hydrogen (secondary N) is 1. The summed E-state index contributed by atoms with van der Waals surface area (Å²) in [5.74, 6) is -0.854. The van der Waals surface area contributed by atoms with Gasteiger partial charge in [-0.05, 0) is 25.1 Å². The van der Waals surface area contributed by atoms with Crippen LogP contribution >= 0.6 is 11.6 Å². The molecule has 0 aliphatic heterocycles. The van der Waals surface area contributed by atoms with E-state index < -0.39 is 22.9 Å². The van der Waals surface area contributed by atoms with Gasteiger partial charge in [-0.1, -0.05) is 17.7 Å². The number of carbonyl (C=O) groups is 2. The minimum Gasteiger partial charge on any atom is -0.497 e. The van der Waals surface area contributed by atoms with Gasteiger partial charge in [0, 0.05) is 23.9 Å². The van der Waals surface area contributed by atoms with Gasteiger partial charge in [0.05, 0.1) is 22.6 Å². The predicted octanol–water partition coefficient (Wildman–Crippen LogP) is 3.44. The summed E-state index contributed by atoms with van der Waals surface area (Å²) < 4.78 is 10.1. The number of nitro groups is 1. The Balaban J connectivity index is 2.04. The zero-order valence-electron chi connectivity index (χ0n) is 13.9. The molecule has 0 spiro atoms. The molecule has 0 heterocycles. The molecule has 8 nitrogen and oxygen atoms in total. The number of benzene rings is 2. The fourth-order valence-corrected chi connectivity index (χ4v) is 2.26. The van der Waals surface area contributed by atoms with E-state index in [1.165, 1.54) is 20.1 Å². The Morgan fingerprint density at radius 1 is 1.23 bits per heavy atom. The lowest BCUT2D eigenvalue weighted by Crippen LogP contribution is -2.30. The molecule has 1 amide bonds. The number of anilines is 1. The molecule has 0 aromatic heterocycles. The molecule has 136 valence electrons. The van der Waals surface area contributed by atoms with Crippen LogP contribution in [0.5, 0.6) is 5.75 Å². The van der Waals surface area contributed by atoms with Crippen molar-refractivity contribution in [2.75, 3.05) is 12.4 Å². The molecule has 0 fully saturated rings. The molecule has 1 N–H and O–H groups in total. The third-order valence-electron chi connectivity index (χ3n) is 3.37. The van der Waals surface area contributed by atoms with Crippen molar-refractivity contribution in [1.82, 2.24) is 0 Å². The van der Waals surface area contributed by atoms with Crippen molar-refractivity contribution < 1.29 is 24.0 Å². The number of hydrogen-bond donors (Lipinski definition) is 1. The molecular weight excluding hydrogens is 364 g/mol. The SMILES string of the molecule is COc1cccc(NC(=O)[C@@H](C)OC(=O)c2ccc([N+](=O)[O-])cc2Cl)c1. The van der Waals surface area contributed by atoms with Gasteiger partial charge < -0.3 is 14.8 Å². The molecule has 2 rings (SSSR count). The Bertz CT molecular complexity index is 855. The summed E-state index contributed by atoms with van der Waals surface area (Å²) in [5.41, 5.74) is 0.152. The zero-order chi connectivity index (χ0) is 19.3. The lowest BCUT2D eigenvalue weighted by atomic mass is 10.2. The first-order valence-corrected chi connectivity index (χ1v) is 7.79. The Labute approximate surface area is 153 Å². The standard InChI is InChI=1S/C17H15ClN2O6/c1-10(16(21)19-11-4-3-5-13(8-11)25-2)26-17(22)14-7-6-12(20(23)24)9-15(14)18/h3-10H,1-2H3,(H,19,21)/t10-/m1/s1. The lowest BCUT2D eigenvalue weighted by molar-refractivity contribution is -0.384. The highest BCUT2D eigenvalue weighted by Crippen LogP contribution is 2.23. The minimum absolute atomic E-state index is 0.0710. The number of esters is 1. The van der Waals surface area contributed by atoms with Crippen LogP contribution in [0.1, 0.15) is 17.3 Å². The Hall–Kier alpha value is -3.13. The molecule has 1 atom stereocenters. The molecule has 0 saturated carbocycles. The number of methoxy groups -OCH3 is 1. The molecule has 9 heteroatoms. The van der Waals surface area contributed by atoms with Gasteiger partial charge >= 0.3 is 5.97 Å². The average Bonchev–Trinajstić information content (AvgIpc) is 2.61. The summed E-state index contributed by atoms with van der Waals surface area (Å²) in [7, 11) is 1.50. The molecule has 0 radical (unpaired) electrons. The van der Waals surface area contributed by atoms with Crippen molar-refractivity contribution in [2.24, 2.45) is 0 Å². The highest BCUT2D eigenvalue weighted by atomic mass is 35.5. The molecule has 0 aliphatic carbocycles. The average molecular weight is 379 g/mol. The van der Waals surface area contributed by atoms with Gasteiger partial charge in [-0.3, -0.25) is 14.9 Å². The quantitative estimate of drug-likeness (QED) is 0.468. The second kappa shape index (κ2) is 8.30. The van der Waals surface area contributed by atoms with E-state index in [4.69, 9.17) is 21.1 Å². The Morgan fingerprint density at radius 2 is 1.96 bits per heavy atom. The first kappa shape index (κ1) is 19.2. The summed E-state index contributed by atoms with van der Waals surface area (Å²) in [4.78, 5) is 34.3. The highest BCUT2D eigenvalue weighted by molar-refractivity contribution is 6.33. The first-order valence-electron chi connectivity index (χ1n) is 7.41. The van der Waals surface area contributed by atoms with E-state index in [1.54, 1.807) is 24.3 Å². The maximum Gasteiger partial charge on any atom is 0.340 e. The van der Waals surface area contributed by atoms with Gasteiger partial charge in [0.1, 0.15) is 5.75 Å². The smallest absolute Gasteiger partial charge is 0.340 e. The molecule has 0 bridgehead atoms. The summed E-state index contributed by atoms with van der Waals surface area (Å²) in [6.07, 6.45) is -1.11. The summed E-state index contributed by atoms with van der Waals surface area (Å²) in [6, 6.07) is 10.0. The number of non-ortho nitro benzene ring substituents is 1. The minimum atomic E-state index is -1.11. The molecule has 2 aromatic rings. The van der Waals surface area contributed by atoms with Crippen molar-refractivity contribution in [3.63, 3.8) is 0 Å². The van der Waals surface area contributed by atoms with Crippen LogP contribution in [0.2, 0.25) is 5.02 Å². The molecule has 2 aromatic carbocycles. The van der Waals surface area contributed by atoms with Gasteiger partial charge in [0.15, 0.2) is 6.10 Å². The third kappa shape index (κ3) is 4.70. The topological polar surface area (TPSA) is 108 Å². The Morgan fingerprint density at radius 3 is 2.58 bits per heavy atom. The first-order chi connectivity index (χ1) is 12.3. The maximum absolute atomic E-state index is 12.2. The van der Waals surface area contributed by atoms with Gasteiger partial charge in [-0.25, -0.2) is 4.79 Å². The largest absolute Gasteiger partial charge is 0.497 e. The van der Waals surface area contributed by atoms with Crippen LogP contribution in [0.15, 0.2) is 42.5 Å². The van der Waals surface area contributed by atoms with Gasteiger partial charge in [-0.2, -0.15) is 0 Å². The van der Waals surface area contributed by atoms with Crippen molar-refractivity contribution in [3.05, 3.63) is 63.2 Å². The van der Waals surface area contributed by atoms with E-state index in [9.17, 15) is 19.7 Å². The number of amides is 1. The number of carbonyl (C=O) groups excluding carboxylic acids is 2. The van der Waals surface area contributed by atoms with E-state index in [0.717, 1.165) is 12.1 Å². The maximum atomic E-state index is 12.2. The second-order valence-electron chi connectivity index (χ2n) is 5.19. The summed E-state index contributed by atoms with van der Waals surface area (Å²) in [5, 5.41) is 13.1. The number of rotatable bonds is 6. The summed E-state index contributed by atoms with van der Waals surface area (Å²) in [6.45, 7) is 1.40. The third-order valence-corrected chi connectivity index (χ3v) is 3.69. The lowest BCUT2D eigenvalue weighted by Gasteiger charge is -2.14. The fourth-order valence-electron chi connectivity index (χ4n) is 2.01. The van der Waals surface area contributed by atoms with Crippen LogP contribution in [0, 0.1) is 10.1 Å². The van der Waals surface area contributed by atoms with Gasteiger partial charge in [-0.15, -0.1) is 0 Å². The van der Waals surface area contributed by atoms with Crippen molar-refractivity contribution in [3.8, 4) is 5.75 Å². The number of hydrogen-bond acceptors (Lipinski definition) is 6. The predicted molar refractivity (Wildman–Crippen MR) is 94.6 cm³/mol. The number of nitrogens with zero attached hydrogens (tertiary/aromatic N) is 1. The number of ether oxygens (including phenoxy) is 2. The van der Waals surface area contributed by atoms with Crippen LogP contribution in [0.4, 0.5) is 11.4 Å². The van der Waals surface area contributed by atoms with Crippen LogP contribution < -0.4 is 10.1 Å². The van der Waals surface area contributed by atoms with Crippen molar-refractivity contribution >= 4 is 34.9 Å². The van der Waals surface area contributed by atoms with Crippen molar-refractivity contribution in [1.29, 1.82) is 0 Å². The van der Waals surface area contributed by atoms with Crippen LogP contribution in [-0.4, -0.2) is 30.0 Å². The van der Waals surface area contributed by atoms with E-state index in [-0.39, 0.29) is 16.3 Å². The monoisotopic (exact) mass is 378 g/mol. The normalized spacial score (nSPS) is 11.3. The summed E-state index contributed by atoms with van der Waals surface area (Å²) >= 11 is 5.87. The van der Waals surface area contributed by atoms with E-state index in [2.05, 4.69) is 5.32 Å². The molecule has 0 aliphatic rings. The molecule has 26 heavy (non-hydrogen) atoms.